The summed E-state index contributed by atoms with van der Waals surface area (Å²) in [6, 6.07) is 14.8. The van der Waals surface area contributed by atoms with Gasteiger partial charge in [-0.15, -0.1) is 0 Å². The Kier molecular flexibility index (Phi) is 5.65. The van der Waals surface area contributed by atoms with Gasteiger partial charge in [-0.1, -0.05) is 35.3 Å². The molecule has 0 aliphatic rings. The zero-order valence-corrected chi connectivity index (χ0v) is 13.5. The van der Waals surface area contributed by atoms with Gasteiger partial charge < -0.3 is 5.32 Å². The van der Waals surface area contributed by atoms with Gasteiger partial charge in [-0.25, -0.2) is 0 Å². The summed E-state index contributed by atoms with van der Waals surface area (Å²) >= 11 is 15.2. The first-order chi connectivity index (χ1) is 9.63. The molecular formula is C15H11BrCl2N2. The molecule has 5 heteroatoms. The summed E-state index contributed by atoms with van der Waals surface area (Å²) in [7, 11) is 0. The predicted octanol–water partition coefficient (Wildman–Crippen LogP) is 6.04. The molecule has 2 aromatic rings. The van der Waals surface area contributed by atoms with Gasteiger partial charge in [0.05, 0.1) is 10.2 Å². The van der Waals surface area contributed by atoms with E-state index < -0.39 is 0 Å². The molecule has 0 bridgehead atoms. The van der Waals surface area contributed by atoms with Gasteiger partial charge in [0.1, 0.15) is 0 Å². The van der Waals surface area contributed by atoms with Crippen LogP contribution in [0.1, 0.15) is 0 Å². The Hall–Kier alpha value is -1.29. The Morgan fingerprint density at radius 3 is 2.45 bits per heavy atom. The normalized spacial score (nSPS) is 11.8. The van der Waals surface area contributed by atoms with E-state index in [1.807, 2.05) is 42.5 Å². The van der Waals surface area contributed by atoms with Crippen molar-refractivity contribution in [1.29, 1.82) is 0 Å². The molecule has 0 heterocycles. The highest BCUT2D eigenvalue weighted by Crippen LogP contribution is 2.19. The molecular weight excluding hydrogens is 359 g/mol. The van der Waals surface area contributed by atoms with E-state index in [4.69, 9.17) is 23.2 Å². The zero-order valence-electron chi connectivity index (χ0n) is 10.4. The fraction of sp³-hybridized carbons (Fsp3) is 0. The lowest BCUT2D eigenvalue weighted by atomic mass is 10.3. The first-order valence-corrected chi connectivity index (χ1v) is 7.36. The molecule has 0 saturated carbocycles. The van der Waals surface area contributed by atoms with Crippen molar-refractivity contribution in [3.8, 4) is 0 Å². The molecule has 2 nitrogen and oxygen atoms in total. The molecule has 0 saturated heterocycles. The van der Waals surface area contributed by atoms with E-state index in [2.05, 4.69) is 26.2 Å². The third-order valence-corrected chi connectivity index (χ3v) is 3.25. The second-order valence-electron chi connectivity index (χ2n) is 3.92. The summed E-state index contributed by atoms with van der Waals surface area (Å²) in [4.78, 5) is 4.31. The predicted molar refractivity (Wildman–Crippen MR) is 91.7 cm³/mol. The number of rotatable bonds is 4. The molecule has 1 N–H and O–H groups in total. The van der Waals surface area contributed by atoms with Crippen LogP contribution in [0.3, 0.4) is 0 Å². The third kappa shape index (κ3) is 5.00. The number of nitrogens with one attached hydrogen (secondary N) is 1. The Morgan fingerprint density at radius 1 is 1.05 bits per heavy atom. The van der Waals surface area contributed by atoms with Crippen molar-refractivity contribution in [3.05, 3.63) is 69.3 Å². The van der Waals surface area contributed by atoms with Crippen LogP contribution >= 0.6 is 39.1 Å². The topological polar surface area (TPSA) is 24.4 Å². The van der Waals surface area contributed by atoms with Crippen molar-refractivity contribution in [1.82, 2.24) is 0 Å². The summed E-state index contributed by atoms with van der Waals surface area (Å²) in [6.45, 7) is 0. The van der Waals surface area contributed by atoms with Gasteiger partial charge in [0, 0.05) is 28.1 Å². The molecule has 20 heavy (non-hydrogen) atoms. The molecule has 0 amide bonds. The van der Waals surface area contributed by atoms with E-state index in [-0.39, 0.29) is 0 Å². The van der Waals surface area contributed by atoms with Gasteiger partial charge in [-0.2, -0.15) is 0 Å². The minimum absolute atomic E-state index is 0.664. The zero-order chi connectivity index (χ0) is 14.4. The number of allylic oxidation sites excluding steroid dienone is 1. The highest BCUT2D eigenvalue weighted by molar-refractivity contribution is 9.12. The van der Waals surface area contributed by atoms with Crippen LogP contribution in [-0.2, 0) is 0 Å². The Labute approximate surface area is 136 Å². The maximum atomic E-state index is 5.90. The minimum atomic E-state index is 0.664. The molecule has 0 unspecified atom stereocenters. The van der Waals surface area contributed by atoms with Crippen LogP contribution in [-0.4, -0.2) is 6.21 Å². The molecule has 2 aromatic carbocycles. The highest BCUT2D eigenvalue weighted by Gasteiger charge is 1.93. The van der Waals surface area contributed by atoms with E-state index in [1.165, 1.54) is 0 Å². The SMILES string of the molecule is Clc1cccc(N=C/C(Br)=C\Nc2cccc(Cl)c2)c1. The van der Waals surface area contributed by atoms with Crippen LogP contribution in [0.15, 0.2) is 64.2 Å². The van der Waals surface area contributed by atoms with Crippen LogP contribution < -0.4 is 5.32 Å². The smallest absolute Gasteiger partial charge is 0.0644 e. The van der Waals surface area contributed by atoms with Gasteiger partial charge in [0.15, 0.2) is 0 Å². The number of hydrogen-bond acceptors (Lipinski definition) is 2. The minimum Gasteiger partial charge on any atom is -0.361 e. The standard InChI is InChI=1S/C15H11BrCl2N2/c16-11(9-19-14-5-1-3-12(17)7-14)10-20-15-6-2-4-13(18)8-15/h1-10,19H/b11-9+,20-10?. The van der Waals surface area contributed by atoms with Gasteiger partial charge in [-0.05, 0) is 52.3 Å². The van der Waals surface area contributed by atoms with Crippen LogP contribution in [0, 0.1) is 0 Å². The van der Waals surface area contributed by atoms with Crippen molar-refractivity contribution >= 4 is 56.7 Å². The van der Waals surface area contributed by atoms with E-state index >= 15 is 0 Å². The fourth-order valence-corrected chi connectivity index (χ4v) is 2.05. The van der Waals surface area contributed by atoms with Crippen LogP contribution in [0.4, 0.5) is 11.4 Å². The summed E-state index contributed by atoms with van der Waals surface area (Å²) < 4.78 is 0.803. The number of nitrogens with zero attached hydrogens (tertiary/aromatic N) is 1. The highest BCUT2D eigenvalue weighted by atomic mass is 79.9. The fourth-order valence-electron chi connectivity index (χ4n) is 1.46. The van der Waals surface area contributed by atoms with Gasteiger partial charge in [0.2, 0.25) is 0 Å². The number of benzene rings is 2. The third-order valence-electron chi connectivity index (χ3n) is 2.35. The summed E-state index contributed by atoms with van der Waals surface area (Å²) in [5.41, 5.74) is 1.70. The van der Waals surface area contributed by atoms with Crippen molar-refractivity contribution in [2.24, 2.45) is 4.99 Å². The van der Waals surface area contributed by atoms with Crippen LogP contribution in [0.5, 0.6) is 0 Å². The quantitative estimate of drug-likeness (QED) is 0.652. The lowest BCUT2D eigenvalue weighted by molar-refractivity contribution is 1.53. The van der Waals surface area contributed by atoms with E-state index in [1.54, 1.807) is 18.5 Å². The largest absolute Gasteiger partial charge is 0.361 e. The second kappa shape index (κ2) is 7.48. The van der Waals surface area contributed by atoms with Crippen molar-refractivity contribution in [2.45, 2.75) is 0 Å². The molecule has 0 atom stereocenters. The van der Waals surface area contributed by atoms with Crippen LogP contribution in [0.2, 0.25) is 10.0 Å². The summed E-state index contributed by atoms with van der Waals surface area (Å²) in [5, 5.41) is 4.47. The number of aliphatic imine (C=N–C) groups is 1. The first kappa shape index (κ1) is 15.1. The van der Waals surface area contributed by atoms with Crippen molar-refractivity contribution in [3.63, 3.8) is 0 Å². The number of anilines is 1. The lowest BCUT2D eigenvalue weighted by Crippen LogP contribution is -1.88. The Morgan fingerprint density at radius 2 is 1.75 bits per heavy atom. The van der Waals surface area contributed by atoms with E-state index in [0.717, 1.165) is 15.9 Å². The summed E-state index contributed by atoms with van der Waals surface area (Å²) in [5.74, 6) is 0. The van der Waals surface area contributed by atoms with Crippen LogP contribution in [0.25, 0.3) is 0 Å². The molecule has 0 aromatic heterocycles. The monoisotopic (exact) mass is 368 g/mol. The van der Waals surface area contributed by atoms with Gasteiger partial charge in [-0.3, -0.25) is 4.99 Å². The number of halogens is 3. The summed E-state index contributed by atoms with van der Waals surface area (Å²) in [6.07, 6.45) is 3.49. The van der Waals surface area contributed by atoms with Gasteiger partial charge in [0.25, 0.3) is 0 Å². The molecule has 0 spiro atoms. The second-order valence-corrected chi connectivity index (χ2v) is 5.71. The Balaban J connectivity index is 2.00. The molecule has 0 aliphatic heterocycles. The molecule has 2 rings (SSSR count). The molecule has 0 fully saturated rings. The first-order valence-electron chi connectivity index (χ1n) is 5.81. The average molecular weight is 370 g/mol. The molecule has 0 radical (unpaired) electrons. The van der Waals surface area contributed by atoms with Crippen molar-refractivity contribution in [2.75, 3.05) is 5.32 Å². The number of hydrogen-bond donors (Lipinski definition) is 1. The molecule has 0 aliphatic carbocycles. The van der Waals surface area contributed by atoms with E-state index in [9.17, 15) is 0 Å². The average Bonchev–Trinajstić information content (AvgIpc) is 2.43. The lowest BCUT2D eigenvalue weighted by Gasteiger charge is -2.01. The Bertz CT molecular complexity index is 654. The van der Waals surface area contributed by atoms with E-state index in [0.29, 0.717) is 10.0 Å². The maximum absolute atomic E-state index is 5.90. The molecule has 102 valence electrons. The van der Waals surface area contributed by atoms with Gasteiger partial charge >= 0.3 is 0 Å². The maximum Gasteiger partial charge on any atom is 0.0644 e. The van der Waals surface area contributed by atoms with Crippen molar-refractivity contribution < 1.29 is 0 Å².